The zero-order valence-corrected chi connectivity index (χ0v) is 15.1. The second-order valence-electron chi connectivity index (χ2n) is 7.00. The average Bonchev–Trinajstić information content (AvgIpc) is 3.39. The van der Waals surface area contributed by atoms with E-state index in [1.807, 2.05) is 18.7 Å². The van der Waals surface area contributed by atoms with E-state index in [9.17, 15) is 14.0 Å². The number of carbonyl (C=O) groups excluding carboxylic acids is 2. The van der Waals surface area contributed by atoms with Gasteiger partial charge in [-0.3, -0.25) is 9.69 Å². The van der Waals surface area contributed by atoms with Crippen molar-refractivity contribution in [3.63, 3.8) is 0 Å². The summed E-state index contributed by atoms with van der Waals surface area (Å²) < 4.78 is 18.7. The van der Waals surface area contributed by atoms with Gasteiger partial charge in [-0.05, 0) is 31.2 Å². The van der Waals surface area contributed by atoms with Crippen LogP contribution in [0.3, 0.4) is 0 Å². The van der Waals surface area contributed by atoms with Crippen LogP contribution in [0.15, 0.2) is 24.3 Å². The number of hydrogen-bond acceptors (Lipinski definition) is 4. The fourth-order valence-electron chi connectivity index (χ4n) is 2.85. The first kappa shape index (κ1) is 19.4. The van der Waals surface area contributed by atoms with Gasteiger partial charge in [0.2, 0.25) is 5.91 Å². The molecule has 0 saturated heterocycles. The molecule has 6 heteroatoms. The molecule has 25 heavy (non-hydrogen) atoms. The molecule has 138 valence electrons. The minimum atomic E-state index is -0.646. The van der Waals surface area contributed by atoms with Crippen molar-refractivity contribution >= 4 is 11.9 Å². The highest BCUT2D eigenvalue weighted by Gasteiger charge is 2.32. The Hall–Kier alpha value is -1.95. The molecule has 1 aliphatic rings. The molecule has 2 rings (SSSR count). The van der Waals surface area contributed by atoms with Crippen LogP contribution in [0.25, 0.3) is 0 Å². The number of carbonyl (C=O) groups is 2. The highest BCUT2D eigenvalue weighted by atomic mass is 19.1. The molecule has 5 nitrogen and oxygen atoms in total. The van der Waals surface area contributed by atoms with Gasteiger partial charge in [-0.15, -0.1) is 0 Å². The lowest BCUT2D eigenvalue weighted by molar-refractivity contribution is -0.145. The molecule has 1 aliphatic carbocycles. The van der Waals surface area contributed by atoms with E-state index < -0.39 is 12.0 Å². The summed E-state index contributed by atoms with van der Waals surface area (Å²) in [5.74, 6) is -0.684. The molecule has 0 heterocycles. The Balaban J connectivity index is 1.97. The Bertz CT molecular complexity index is 602. The van der Waals surface area contributed by atoms with Gasteiger partial charge in [-0.2, -0.15) is 0 Å². The Morgan fingerprint density at radius 1 is 1.32 bits per heavy atom. The topological polar surface area (TPSA) is 58.6 Å². The Labute approximate surface area is 148 Å². The average molecular weight is 350 g/mol. The van der Waals surface area contributed by atoms with Gasteiger partial charge in [0.1, 0.15) is 11.9 Å². The predicted molar refractivity (Wildman–Crippen MR) is 93.2 cm³/mol. The van der Waals surface area contributed by atoms with Crippen molar-refractivity contribution in [3.05, 3.63) is 35.6 Å². The molecule has 1 amide bonds. The first-order chi connectivity index (χ1) is 11.9. The van der Waals surface area contributed by atoms with Crippen molar-refractivity contribution in [3.8, 4) is 0 Å². The second kappa shape index (κ2) is 8.94. The Morgan fingerprint density at radius 2 is 2.00 bits per heavy atom. The number of nitrogens with zero attached hydrogens (tertiary/aromatic N) is 1. The summed E-state index contributed by atoms with van der Waals surface area (Å²) in [5, 5.41) is 2.76. The van der Waals surface area contributed by atoms with Crippen molar-refractivity contribution in [2.24, 2.45) is 5.92 Å². The standard InChI is InChI=1S/C19H27FN2O3/c1-13(2)10-17(19(24)25-3)21-18(23)12-22(15-8-9-15)11-14-6-4-5-7-16(14)20/h4-7,13,15,17H,8-12H2,1-3H3,(H,21,23). The Morgan fingerprint density at radius 3 is 2.56 bits per heavy atom. The van der Waals surface area contributed by atoms with Crippen LogP contribution < -0.4 is 5.32 Å². The minimum absolute atomic E-state index is 0.143. The van der Waals surface area contributed by atoms with Crippen molar-refractivity contribution in [2.75, 3.05) is 13.7 Å². The van der Waals surface area contributed by atoms with E-state index in [1.165, 1.54) is 13.2 Å². The van der Waals surface area contributed by atoms with E-state index in [4.69, 9.17) is 4.74 Å². The molecule has 1 fully saturated rings. The quantitative estimate of drug-likeness (QED) is 0.695. The van der Waals surface area contributed by atoms with Gasteiger partial charge in [0, 0.05) is 18.2 Å². The monoisotopic (exact) mass is 350 g/mol. The van der Waals surface area contributed by atoms with E-state index in [-0.39, 0.29) is 24.2 Å². The summed E-state index contributed by atoms with van der Waals surface area (Å²) in [6.45, 7) is 4.50. The van der Waals surface area contributed by atoms with Crippen LogP contribution in [0.4, 0.5) is 4.39 Å². The van der Waals surface area contributed by atoms with Crippen LogP contribution in [0.1, 0.15) is 38.7 Å². The van der Waals surface area contributed by atoms with Gasteiger partial charge in [-0.25, -0.2) is 9.18 Å². The summed E-state index contributed by atoms with van der Waals surface area (Å²) in [6.07, 6.45) is 2.54. The van der Waals surface area contributed by atoms with Gasteiger partial charge in [0.15, 0.2) is 0 Å². The highest BCUT2D eigenvalue weighted by Crippen LogP contribution is 2.28. The third-order valence-corrected chi connectivity index (χ3v) is 4.27. The molecular formula is C19H27FN2O3. The molecule has 0 bridgehead atoms. The lowest BCUT2D eigenvalue weighted by Gasteiger charge is -2.24. The molecule has 1 aromatic rings. The van der Waals surface area contributed by atoms with Crippen molar-refractivity contribution in [1.82, 2.24) is 10.2 Å². The number of hydrogen-bond donors (Lipinski definition) is 1. The van der Waals surface area contributed by atoms with Gasteiger partial charge in [-0.1, -0.05) is 32.0 Å². The molecule has 1 N–H and O–H groups in total. The normalized spacial score (nSPS) is 15.3. The number of methoxy groups -OCH3 is 1. The summed E-state index contributed by atoms with van der Waals surface area (Å²) in [5.41, 5.74) is 0.578. The largest absolute Gasteiger partial charge is 0.467 e. The highest BCUT2D eigenvalue weighted by molar-refractivity contribution is 5.85. The zero-order valence-electron chi connectivity index (χ0n) is 15.1. The third-order valence-electron chi connectivity index (χ3n) is 4.27. The summed E-state index contributed by atoms with van der Waals surface area (Å²) >= 11 is 0. The number of benzene rings is 1. The second-order valence-corrected chi connectivity index (χ2v) is 7.00. The lowest BCUT2D eigenvalue weighted by Crippen LogP contribution is -2.47. The van der Waals surface area contributed by atoms with E-state index >= 15 is 0 Å². The summed E-state index contributed by atoms with van der Waals surface area (Å²) in [7, 11) is 1.32. The number of halogens is 1. The fraction of sp³-hybridized carbons (Fsp3) is 0.579. The third kappa shape index (κ3) is 6.12. The lowest BCUT2D eigenvalue weighted by atomic mass is 10.0. The maximum absolute atomic E-state index is 13.9. The zero-order chi connectivity index (χ0) is 18.4. The van der Waals surface area contributed by atoms with Crippen LogP contribution in [-0.2, 0) is 20.9 Å². The van der Waals surface area contributed by atoms with E-state index in [2.05, 4.69) is 5.32 Å². The molecule has 1 aromatic carbocycles. The first-order valence-electron chi connectivity index (χ1n) is 8.75. The van der Waals surface area contributed by atoms with E-state index in [0.29, 0.717) is 24.6 Å². The van der Waals surface area contributed by atoms with Crippen LogP contribution in [0.2, 0.25) is 0 Å². The van der Waals surface area contributed by atoms with Gasteiger partial charge >= 0.3 is 5.97 Å². The van der Waals surface area contributed by atoms with Crippen molar-refractivity contribution in [1.29, 1.82) is 0 Å². The van der Waals surface area contributed by atoms with Crippen LogP contribution >= 0.6 is 0 Å². The molecule has 0 aromatic heterocycles. The molecular weight excluding hydrogens is 323 g/mol. The van der Waals surface area contributed by atoms with E-state index in [1.54, 1.807) is 18.2 Å². The summed E-state index contributed by atoms with van der Waals surface area (Å²) in [6, 6.07) is 6.26. The Kier molecular flexibility index (Phi) is 6.93. The molecule has 1 atom stereocenters. The number of ether oxygens (including phenoxy) is 1. The van der Waals surface area contributed by atoms with Gasteiger partial charge < -0.3 is 10.1 Å². The van der Waals surface area contributed by atoms with Crippen LogP contribution in [0.5, 0.6) is 0 Å². The SMILES string of the molecule is COC(=O)C(CC(C)C)NC(=O)CN(Cc1ccccc1F)C1CC1. The molecule has 0 spiro atoms. The smallest absolute Gasteiger partial charge is 0.328 e. The molecule has 1 unspecified atom stereocenters. The maximum Gasteiger partial charge on any atom is 0.328 e. The van der Waals surface area contributed by atoms with Crippen LogP contribution in [0, 0.1) is 11.7 Å². The van der Waals surface area contributed by atoms with E-state index in [0.717, 1.165) is 12.8 Å². The van der Waals surface area contributed by atoms with Gasteiger partial charge in [0.05, 0.1) is 13.7 Å². The van der Waals surface area contributed by atoms with Gasteiger partial charge in [0.25, 0.3) is 0 Å². The van der Waals surface area contributed by atoms with Crippen molar-refractivity contribution in [2.45, 2.75) is 51.7 Å². The maximum atomic E-state index is 13.9. The predicted octanol–water partition coefficient (Wildman–Crippen LogP) is 2.49. The molecule has 0 aliphatic heterocycles. The number of esters is 1. The fourth-order valence-corrected chi connectivity index (χ4v) is 2.85. The number of amides is 1. The number of nitrogens with one attached hydrogen (secondary N) is 1. The van der Waals surface area contributed by atoms with Crippen molar-refractivity contribution < 1.29 is 18.7 Å². The molecule has 1 saturated carbocycles. The number of rotatable bonds is 9. The summed E-state index contributed by atoms with van der Waals surface area (Å²) in [4.78, 5) is 26.2. The minimum Gasteiger partial charge on any atom is -0.467 e. The van der Waals surface area contributed by atoms with Crippen LogP contribution in [-0.4, -0.2) is 42.5 Å². The molecule has 0 radical (unpaired) electrons. The first-order valence-corrected chi connectivity index (χ1v) is 8.75.